The Labute approximate surface area is 101 Å². The number of nitrogens with zero attached hydrogens (tertiary/aromatic N) is 1. The van der Waals surface area contributed by atoms with E-state index in [1.54, 1.807) is 0 Å². The Morgan fingerprint density at radius 2 is 2.00 bits per heavy atom. The minimum atomic E-state index is 0.496. The molecule has 1 heterocycles. The number of hydrogen-bond donors (Lipinski definition) is 0. The largest absolute Gasteiger partial charge is 0.289 e. The summed E-state index contributed by atoms with van der Waals surface area (Å²) >= 11 is 0. The first-order valence-corrected chi connectivity index (χ1v) is 6.78. The van der Waals surface area contributed by atoms with Crippen LogP contribution in [0.25, 0.3) is 0 Å². The van der Waals surface area contributed by atoms with Crippen molar-refractivity contribution in [3.05, 3.63) is 11.6 Å². The van der Waals surface area contributed by atoms with Gasteiger partial charge in [0.1, 0.15) is 0 Å². The van der Waals surface area contributed by atoms with Gasteiger partial charge in [0.05, 0.1) is 6.04 Å². The molecule has 1 fully saturated rings. The van der Waals surface area contributed by atoms with Gasteiger partial charge in [-0.25, -0.2) is 0 Å². The van der Waals surface area contributed by atoms with Crippen LogP contribution in [0.2, 0.25) is 0 Å². The van der Waals surface area contributed by atoms with Crippen LogP contribution in [0.1, 0.15) is 60.3 Å². The van der Waals surface area contributed by atoms with E-state index in [9.17, 15) is 0 Å². The maximum atomic E-state index is 4.69. The normalized spacial score (nSPS) is 31.7. The van der Waals surface area contributed by atoms with Crippen LogP contribution in [-0.4, -0.2) is 12.3 Å². The van der Waals surface area contributed by atoms with E-state index in [0.29, 0.717) is 11.5 Å². The first-order chi connectivity index (χ1) is 7.57. The van der Waals surface area contributed by atoms with Gasteiger partial charge in [-0.1, -0.05) is 40.2 Å². The molecule has 2 aliphatic rings. The summed E-state index contributed by atoms with van der Waals surface area (Å²) in [6.45, 7) is 10.9. The molecule has 0 radical (unpaired) electrons. The van der Waals surface area contributed by atoms with Crippen LogP contribution < -0.4 is 0 Å². The summed E-state index contributed by atoms with van der Waals surface area (Å²) in [5.41, 5.74) is 1.85. The predicted octanol–water partition coefficient (Wildman–Crippen LogP) is 4.63. The third-order valence-electron chi connectivity index (χ3n) is 3.59. The molecule has 0 aromatic carbocycles. The van der Waals surface area contributed by atoms with Gasteiger partial charge in [0.2, 0.25) is 0 Å². The third-order valence-corrected chi connectivity index (χ3v) is 3.59. The molecule has 0 N–H and O–H groups in total. The highest BCUT2D eigenvalue weighted by Crippen LogP contribution is 2.39. The average Bonchev–Trinajstić information content (AvgIpc) is 2.38. The van der Waals surface area contributed by atoms with E-state index < -0.39 is 0 Å². The second-order valence-corrected chi connectivity index (χ2v) is 5.68. The molecule has 1 heteroatoms. The average molecular weight is 221 g/mol. The summed E-state index contributed by atoms with van der Waals surface area (Å²) in [4.78, 5) is 4.69. The van der Waals surface area contributed by atoms with E-state index in [1.807, 2.05) is 13.8 Å². The molecule has 0 aromatic heterocycles. The summed E-state index contributed by atoms with van der Waals surface area (Å²) in [6.07, 6.45) is 9.82. The number of dihydropyridines is 1. The van der Waals surface area contributed by atoms with Crippen molar-refractivity contribution in [2.24, 2.45) is 16.3 Å². The molecule has 0 amide bonds. The van der Waals surface area contributed by atoms with Crippen LogP contribution in [0, 0.1) is 11.3 Å². The van der Waals surface area contributed by atoms with Gasteiger partial charge in [0.15, 0.2) is 0 Å². The monoisotopic (exact) mass is 221 g/mol. The minimum Gasteiger partial charge on any atom is -0.289 e. The van der Waals surface area contributed by atoms with Crippen molar-refractivity contribution in [2.45, 2.75) is 66.3 Å². The van der Waals surface area contributed by atoms with Crippen LogP contribution in [0.5, 0.6) is 0 Å². The fraction of sp³-hybridized carbons (Fsp3) is 0.800. The molecule has 1 aliphatic carbocycles. The molecule has 0 bridgehead atoms. The van der Waals surface area contributed by atoms with Crippen molar-refractivity contribution in [3.63, 3.8) is 0 Å². The molecule has 0 aromatic rings. The third kappa shape index (κ3) is 3.47. The Bertz CT molecular complexity index is 273. The number of hydrogen-bond acceptors (Lipinski definition) is 1. The molecule has 1 aliphatic heterocycles. The van der Waals surface area contributed by atoms with Crippen molar-refractivity contribution < 1.29 is 0 Å². The smallest absolute Gasteiger partial charge is 0.0567 e. The van der Waals surface area contributed by atoms with Gasteiger partial charge in [0.25, 0.3) is 0 Å². The maximum Gasteiger partial charge on any atom is 0.0567 e. The van der Waals surface area contributed by atoms with Crippen molar-refractivity contribution in [2.75, 3.05) is 0 Å². The van der Waals surface area contributed by atoms with Crippen molar-refractivity contribution in [1.82, 2.24) is 0 Å². The van der Waals surface area contributed by atoms with E-state index in [2.05, 4.69) is 33.1 Å². The molecule has 2 rings (SSSR count). The summed E-state index contributed by atoms with van der Waals surface area (Å²) in [6, 6.07) is 0.566. The summed E-state index contributed by atoms with van der Waals surface area (Å²) in [5, 5.41) is 0. The zero-order valence-corrected chi connectivity index (χ0v) is 11.6. The predicted molar refractivity (Wildman–Crippen MR) is 73.1 cm³/mol. The van der Waals surface area contributed by atoms with Gasteiger partial charge in [-0.3, -0.25) is 4.99 Å². The number of fused-ring (bicyclic) bond motifs is 1. The van der Waals surface area contributed by atoms with Crippen molar-refractivity contribution >= 4 is 6.21 Å². The second kappa shape index (κ2) is 5.65. The van der Waals surface area contributed by atoms with Gasteiger partial charge in [-0.15, -0.1) is 0 Å². The number of allylic oxidation sites excluding steroid dienone is 1. The summed E-state index contributed by atoms with van der Waals surface area (Å²) < 4.78 is 0. The molecular formula is C15H27N. The fourth-order valence-electron chi connectivity index (χ4n) is 2.78. The van der Waals surface area contributed by atoms with Crippen LogP contribution in [0.3, 0.4) is 0 Å². The Balaban J connectivity index is 0.000000606. The molecular weight excluding hydrogens is 194 g/mol. The zero-order chi connectivity index (χ0) is 12.2. The van der Waals surface area contributed by atoms with Crippen LogP contribution in [-0.2, 0) is 0 Å². The highest BCUT2D eigenvalue weighted by atomic mass is 14.8. The van der Waals surface area contributed by atoms with Gasteiger partial charge in [-0.2, -0.15) is 0 Å². The topological polar surface area (TPSA) is 12.4 Å². The van der Waals surface area contributed by atoms with Crippen molar-refractivity contribution in [3.8, 4) is 0 Å². The van der Waals surface area contributed by atoms with E-state index >= 15 is 0 Å². The minimum absolute atomic E-state index is 0.496. The Hall–Kier alpha value is -0.590. The lowest BCUT2D eigenvalue weighted by Crippen LogP contribution is -2.24. The summed E-state index contributed by atoms with van der Waals surface area (Å²) in [7, 11) is 0. The van der Waals surface area contributed by atoms with E-state index in [0.717, 1.165) is 5.92 Å². The van der Waals surface area contributed by atoms with Gasteiger partial charge < -0.3 is 0 Å². The zero-order valence-electron chi connectivity index (χ0n) is 11.6. The highest BCUT2D eigenvalue weighted by Gasteiger charge is 2.31. The SMILES string of the molecule is CC.CC1=CC2CCCC(C)(C)CC2N=C1. The Kier molecular flexibility index (Phi) is 4.76. The maximum absolute atomic E-state index is 4.69. The molecule has 0 spiro atoms. The lowest BCUT2D eigenvalue weighted by molar-refractivity contribution is 0.292. The van der Waals surface area contributed by atoms with E-state index in [-0.39, 0.29) is 0 Å². The number of aliphatic imine (C=N–C) groups is 1. The van der Waals surface area contributed by atoms with Gasteiger partial charge in [-0.05, 0) is 43.1 Å². The first kappa shape index (κ1) is 13.5. The van der Waals surface area contributed by atoms with E-state index in [1.165, 1.54) is 31.3 Å². The van der Waals surface area contributed by atoms with Crippen LogP contribution >= 0.6 is 0 Å². The van der Waals surface area contributed by atoms with Crippen molar-refractivity contribution in [1.29, 1.82) is 0 Å². The Morgan fingerprint density at radius 1 is 1.31 bits per heavy atom. The van der Waals surface area contributed by atoms with E-state index in [4.69, 9.17) is 4.99 Å². The standard InChI is InChI=1S/C13H21N.C2H6/c1-10-7-11-5-4-6-13(2,3)8-12(11)14-9-10;1-2/h7,9,11-12H,4-6,8H2,1-3H3;1-2H3. The van der Waals surface area contributed by atoms with Gasteiger partial charge >= 0.3 is 0 Å². The molecule has 16 heavy (non-hydrogen) atoms. The Morgan fingerprint density at radius 3 is 2.69 bits per heavy atom. The number of rotatable bonds is 0. The lowest BCUT2D eigenvalue weighted by atomic mass is 9.82. The summed E-state index contributed by atoms with van der Waals surface area (Å²) in [5.74, 6) is 0.724. The van der Waals surface area contributed by atoms with Crippen LogP contribution in [0.4, 0.5) is 0 Å². The fourth-order valence-corrected chi connectivity index (χ4v) is 2.78. The molecule has 92 valence electrons. The highest BCUT2D eigenvalue weighted by molar-refractivity contribution is 5.78. The lowest BCUT2D eigenvalue weighted by Gasteiger charge is -2.28. The first-order valence-electron chi connectivity index (χ1n) is 6.78. The van der Waals surface area contributed by atoms with Gasteiger partial charge in [0, 0.05) is 6.21 Å². The molecule has 2 unspecified atom stereocenters. The van der Waals surface area contributed by atoms with Crippen LogP contribution in [0.15, 0.2) is 16.6 Å². The molecule has 1 saturated carbocycles. The molecule has 2 atom stereocenters. The second-order valence-electron chi connectivity index (χ2n) is 5.68. The molecule has 1 nitrogen and oxygen atoms in total. The quantitative estimate of drug-likeness (QED) is 0.565. The molecule has 0 saturated heterocycles.